The minimum atomic E-state index is -3.16. The van der Waals surface area contributed by atoms with Gasteiger partial charge >= 0.3 is 0 Å². The van der Waals surface area contributed by atoms with E-state index in [-0.39, 0.29) is 0 Å². The molecule has 1 aromatic carbocycles. The molecule has 0 aliphatic rings. The lowest BCUT2D eigenvalue weighted by atomic mass is 10.2. The molecule has 4 heteroatoms. The van der Waals surface area contributed by atoms with Gasteiger partial charge in [-0.05, 0) is 12.1 Å². The second-order valence-corrected chi connectivity index (χ2v) is 5.11. The second kappa shape index (κ2) is 5.07. The lowest BCUT2D eigenvalue weighted by Gasteiger charge is -2.02. The number of hydrogen-bond donors (Lipinski definition) is 0. The van der Waals surface area contributed by atoms with Crippen molar-refractivity contribution in [3.05, 3.63) is 36.7 Å². The van der Waals surface area contributed by atoms with Gasteiger partial charge in [0.25, 0.3) is 0 Å². The van der Waals surface area contributed by atoms with E-state index in [0.717, 1.165) is 10.8 Å². The molecule has 0 aliphatic carbocycles. The van der Waals surface area contributed by atoms with Crippen molar-refractivity contribution in [2.24, 2.45) is 0 Å². The minimum absolute atomic E-state index is 0.359. The first-order chi connectivity index (χ1) is 7.59. The largest absolute Gasteiger partial charge is 0.264 e. The Bertz CT molecular complexity index is 571. The highest BCUT2D eigenvalue weighted by Crippen LogP contribution is 2.21. The third kappa shape index (κ3) is 2.58. The Kier molecular flexibility index (Phi) is 4.01. The van der Waals surface area contributed by atoms with Crippen LogP contribution in [0.15, 0.2) is 41.6 Å². The maximum absolute atomic E-state index is 11.4. The van der Waals surface area contributed by atoms with Crippen molar-refractivity contribution >= 4 is 20.6 Å². The Balaban J connectivity index is 0.000000606. The number of fused-ring (bicyclic) bond motifs is 1. The van der Waals surface area contributed by atoms with Crippen LogP contribution < -0.4 is 0 Å². The molecule has 16 heavy (non-hydrogen) atoms. The van der Waals surface area contributed by atoms with Gasteiger partial charge in [0.1, 0.15) is 0 Å². The normalized spacial score (nSPS) is 10.7. The van der Waals surface area contributed by atoms with Crippen LogP contribution in [0.2, 0.25) is 0 Å². The third-order valence-electron chi connectivity index (χ3n) is 2.04. The van der Waals surface area contributed by atoms with Crippen LogP contribution in [-0.2, 0) is 9.84 Å². The monoisotopic (exact) mass is 237 g/mol. The van der Waals surface area contributed by atoms with Gasteiger partial charge in [-0.2, -0.15) is 0 Å². The van der Waals surface area contributed by atoms with E-state index in [0.29, 0.717) is 4.90 Å². The zero-order valence-electron chi connectivity index (χ0n) is 9.64. The Morgan fingerprint density at radius 2 is 1.81 bits per heavy atom. The molecule has 0 bridgehead atoms. The summed E-state index contributed by atoms with van der Waals surface area (Å²) in [5.74, 6) is 0. The summed E-state index contributed by atoms with van der Waals surface area (Å²) >= 11 is 0. The topological polar surface area (TPSA) is 47.0 Å². The molecule has 3 nitrogen and oxygen atoms in total. The number of aromatic nitrogens is 1. The number of hydrogen-bond acceptors (Lipinski definition) is 3. The quantitative estimate of drug-likeness (QED) is 0.766. The van der Waals surface area contributed by atoms with Crippen LogP contribution >= 0.6 is 0 Å². The number of rotatable bonds is 1. The molecule has 0 saturated heterocycles. The fourth-order valence-electron chi connectivity index (χ4n) is 1.42. The summed E-state index contributed by atoms with van der Waals surface area (Å²) in [6, 6.07) is 6.89. The number of benzene rings is 1. The van der Waals surface area contributed by atoms with E-state index in [1.165, 1.54) is 6.26 Å². The first-order valence-electron chi connectivity index (χ1n) is 5.12. The smallest absolute Gasteiger partial charge is 0.176 e. The molecule has 0 aliphatic heterocycles. The molecule has 0 amide bonds. The zero-order chi connectivity index (χ0) is 12.2. The summed E-state index contributed by atoms with van der Waals surface area (Å²) in [5.41, 5.74) is 0. The minimum Gasteiger partial charge on any atom is -0.264 e. The lowest BCUT2D eigenvalue weighted by molar-refractivity contribution is 0.602. The van der Waals surface area contributed by atoms with Gasteiger partial charge < -0.3 is 0 Å². The molecule has 0 fully saturated rings. The van der Waals surface area contributed by atoms with Crippen LogP contribution in [0.4, 0.5) is 0 Å². The molecule has 1 aromatic heterocycles. The molecular weight excluding hydrogens is 222 g/mol. The van der Waals surface area contributed by atoms with E-state index in [9.17, 15) is 8.42 Å². The fourth-order valence-corrected chi connectivity index (χ4v) is 2.33. The van der Waals surface area contributed by atoms with E-state index in [2.05, 4.69) is 4.98 Å². The van der Waals surface area contributed by atoms with Gasteiger partial charge in [-0.1, -0.05) is 26.0 Å². The second-order valence-electron chi connectivity index (χ2n) is 3.13. The number of nitrogens with zero attached hydrogens (tertiary/aromatic N) is 1. The van der Waals surface area contributed by atoms with E-state index >= 15 is 0 Å². The van der Waals surface area contributed by atoms with Crippen LogP contribution in [0, 0.1) is 0 Å². The first-order valence-corrected chi connectivity index (χ1v) is 7.01. The van der Waals surface area contributed by atoms with Crippen molar-refractivity contribution in [2.75, 3.05) is 6.26 Å². The van der Waals surface area contributed by atoms with Crippen LogP contribution in [0.1, 0.15) is 13.8 Å². The molecule has 2 rings (SSSR count). The van der Waals surface area contributed by atoms with E-state index in [1.54, 1.807) is 30.6 Å². The molecule has 2 aromatic rings. The summed E-state index contributed by atoms with van der Waals surface area (Å²) in [7, 11) is -3.16. The van der Waals surface area contributed by atoms with E-state index < -0.39 is 9.84 Å². The molecule has 1 heterocycles. The summed E-state index contributed by atoms with van der Waals surface area (Å²) in [6.07, 6.45) is 4.46. The van der Waals surface area contributed by atoms with Gasteiger partial charge in [0, 0.05) is 29.4 Å². The predicted octanol–water partition coefficient (Wildman–Crippen LogP) is 2.66. The highest BCUT2D eigenvalue weighted by molar-refractivity contribution is 7.91. The number of sulfone groups is 1. The Morgan fingerprint density at radius 1 is 1.12 bits per heavy atom. The Hall–Kier alpha value is -1.42. The summed E-state index contributed by atoms with van der Waals surface area (Å²) in [4.78, 5) is 4.30. The van der Waals surface area contributed by atoms with Crippen LogP contribution in [0.25, 0.3) is 10.8 Å². The predicted molar refractivity (Wildman–Crippen MR) is 66.2 cm³/mol. The Morgan fingerprint density at radius 3 is 2.44 bits per heavy atom. The van der Waals surface area contributed by atoms with Crippen LogP contribution in [0.3, 0.4) is 0 Å². The highest BCUT2D eigenvalue weighted by Gasteiger charge is 2.10. The molecule has 0 unspecified atom stereocenters. The van der Waals surface area contributed by atoms with E-state index in [1.807, 2.05) is 19.9 Å². The third-order valence-corrected chi connectivity index (χ3v) is 3.20. The van der Waals surface area contributed by atoms with Crippen molar-refractivity contribution in [2.45, 2.75) is 18.7 Å². The molecule has 86 valence electrons. The molecule has 0 spiro atoms. The zero-order valence-corrected chi connectivity index (χ0v) is 10.5. The summed E-state index contributed by atoms with van der Waals surface area (Å²) in [5, 5.41) is 1.57. The van der Waals surface area contributed by atoms with Crippen molar-refractivity contribution in [1.82, 2.24) is 4.98 Å². The van der Waals surface area contributed by atoms with Gasteiger partial charge in [0.15, 0.2) is 9.84 Å². The lowest BCUT2D eigenvalue weighted by Crippen LogP contribution is -1.97. The van der Waals surface area contributed by atoms with Gasteiger partial charge in [-0.25, -0.2) is 8.42 Å². The first kappa shape index (κ1) is 12.6. The highest BCUT2D eigenvalue weighted by atomic mass is 32.2. The van der Waals surface area contributed by atoms with Crippen molar-refractivity contribution in [3.63, 3.8) is 0 Å². The van der Waals surface area contributed by atoms with Crippen LogP contribution in [-0.4, -0.2) is 19.7 Å². The SMILES string of the molecule is CC.CS(=O)(=O)c1cccc2cnccc12. The van der Waals surface area contributed by atoms with Gasteiger partial charge in [-0.3, -0.25) is 4.98 Å². The summed E-state index contributed by atoms with van der Waals surface area (Å²) < 4.78 is 22.9. The van der Waals surface area contributed by atoms with Crippen molar-refractivity contribution in [1.29, 1.82) is 0 Å². The summed E-state index contributed by atoms with van der Waals surface area (Å²) in [6.45, 7) is 4.00. The molecule has 0 radical (unpaired) electrons. The molecular formula is C12H15NO2S. The van der Waals surface area contributed by atoms with E-state index in [4.69, 9.17) is 0 Å². The number of pyridine rings is 1. The maximum Gasteiger partial charge on any atom is 0.176 e. The van der Waals surface area contributed by atoms with Gasteiger partial charge in [0.05, 0.1) is 4.90 Å². The average molecular weight is 237 g/mol. The molecule has 0 N–H and O–H groups in total. The standard InChI is InChI=1S/C10H9NO2S.C2H6/c1-14(12,13)10-4-2-3-8-7-11-6-5-9(8)10;1-2/h2-7H,1H3;1-2H3. The van der Waals surface area contributed by atoms with Gasteiger partial charge in [-0.15, -0.1) is 0 Å². The average Bonchev–Trinajstić information content (AvgIpc) is 2.30. The van der Waals surface area contributed by atoms with Crippen LogP contribution in [0.5, 0.6) is 0 Å². The maximum atomic E-state index is 11.4. The van der Waals surface area contributed by atoms with Crippen molar-refractivity contribution < 1.29 is 8.42 Å². The molecule has 0 saturated carbocycles. The van der Waals surface area contributed by atoms with Crippen molar-refractivity contribution in [3.8, 4) is 0 Å². The molecule has 0 atom stereocenters. The Labute approximate surface area is 96.1 Å². The fraction of sp³-hybridized carbons (Fsp3) is 0.250. The van der Waals surface area contributed by atoms with Gasteiger partial charge in [0.2, 0.25) is 0 Å².